The summed E-state index contributed by atoms with van der Waals surface area (Å²) in [4.78, 5) is 23.2. The van der Waals surface area contributed by atoms with Gasteiger partial charge in [0.1, 0.15) is 6.42 Å². The van der Waals surface area contributed by atoms with Crippen LogP contribution in [0.2, 0.25) is 0 Å². The Morgan fingerprint density at radius 2 is 1.11 bits per heavy atom. The quantitative estimate of drug-likeness (QED) is 0.126. The number of hydrogen-bond donors (Lipinski definition) is 0. The van der Waals surface area contributed by atoms with Crippen molar-refractivity contribution in [3.8, 4) is 0 Å². The molecule has 0 heterocycles. The van der Waals surface area contributed by atoms with Crippen LogP contribution in [0.5, 0.6) is 0 Å². The molecule has 0 aliphatic rings. The first-order valence-corrected chi connectivity index (χ1v) is 11.9. The van der Waals surface area contributed by atoms with Crippen LogP contribution in [0.3, 0.4) is 0 Å². The van der Waals surface area contributed by atoms with E-state index in [1.165, 1.54) is 70.6 Å². The Hall–Kier alpha value is -1.06. The molecule has 0 aromatic heterocycles. The zero-order chi connectivity index (χ0) is 20.9. The zero-order valence-corrected chi connectivity index (χ0v) is 18.9. The fraction of sp³-hybridized carbons (Fsp3) is 0.917. The maximum atomic E-state index is 11.6. The van der Waals surface area contributed by atoms with E-state index < -0.39 is 11.9 Å². The third kappa shape index (κ3) is 19.7. The van der Waals surface area contributed by atoms with E-state index in [1.54, 1.807) is 0 Å². The number of hydrogen-bond acceptors (Lipinski definition) is 4. The lowest BCUT2D eigenvalue weighted by Gasteiger charge is -2.10. The summed E-state index contributed by atoms with van der Waals surface area (Å²) in [5.41, 5.74) is 0. The van der Waals surface area contributed by atoms with Crippen LogP contribution in [-0.2, 0) is 19.1 Å². The maximum absolute atomic E-state index is 11.6. The fourth-order valence-electron chi connectivity index (χ4n) is 3.34. The number of carbonyl (C=O) groups excluding carboxylic acids is 2. The van der Waals surface area contributed by atoms with Crippen LogP contribution in [-0.4, -0.2) is 25.2 Å². The number of unbranched alkanes of at least 4 members (excludes halogenated alkanes) is 12. The van der Waals surface area contributed by atoms with Crippen LogP contribution in [0.15, 0.2) is 0 Å². The van der Waals surface area contributed by atoms with Gasteiger partial charge in [0.2, 0.25) is 0 Å². The molecule has 166 valence electrons. The molecule has 0 aliphatic heterocycles. The summed E-state index contributed by atoms with van der Waals surface area (Å²) in [6, 6.07) is 0. The normalized spacial score (nSPS) is 12.0. The highest BCUT2D eigenvalue weighted by molar-refractivity contribution is 5.91. The van der Waals surface area contributed by atoms with E-state index in [0.29, 0.717) is 19.1 Å². The van der Waals surface area contributed by atoms with Crippen molar-refractivity contribution in [2.75, 3.05) is 13.2 Å². The number of ether oxygens (including phenoxy) is 2. The molecule has 0 aromatic carbocycles. The van der Waals surface area contributed by atoms with Gasteiger partial charge in [-0.05, 0) is 18.8 Å². The van der Waals surface area contributed by atoms with Gasteiger partial charge in [-0.25, -0.2) is 0 Å². The molecule has 0 saturated heterocycles. The van der Waals surface area contributed by atoms with Crippen molar-refractivity contribution in [1.29, 1.82) is 0 Å². The predicted octanol–water partition coefficient (Wildman–Crippen LogP) is 6.99. The second-order valence-corrected chi connectivity index (χ2v) is 8.22. The minimum atomic E-state index is -0.474. The highest BCUT2D eigenvalue weighted by atomic mass is 16.6. The fourth-order valence-corrected chi connectivity index (χ4v) is 3.34. The molecule has 1 unspecified atom stereocenters. The van der Waals surface area contributed by atoms with Crippen LogP contribution in [0, 0.1) is 5.92 Å². The van der Waals surface area contributed by atoms with Crippen molar-refractivity contribution >= 4 is 11.9 Å². The predicted molar refractivity (Wildman–Crippen MR) is 116 cm³/mol. The van der Waals surface area contributed by atoms with E-state index in [-0.39, 0.29) is 6.42 Å². The Bertz CT molecular complexity index is 368. The van der Waals surface area contributed by atoms with Gasteiger partial charge in [0.05, 0.1) is 13.2 Å². The van der Waals surface area contributed by atoms with Gasteiger partial charge in [0.15, 0.2) is 0 Å². The SMILES string of the molecule is CCCCCCCCCCCCCCCOC(=O)CC(=O)OCC(C)CCC. The third-order valence-corrected chi connectivity index (χ3v) is 5.11. The summed E-state index contributed by atoms with van der Waals surface area (Å²) in [6.07, 6.45) is 18.6. The third-order valence-electron chi connectivity index (χ3n) is 5.11. The monoisotopic (exact) mass is 398 g/mol. The molecule has 0 saturated carbocycles. The molecule has 0 bridgehead atoms. The molecule has 28 heavy (non-hydrogen) atoms. The molecule has 0 N–H and O–H groups in total. The molecular weight excluding hydrogens is 352 g/mol. The van der Waals surface area contributed by atoms with Gasteiger partial charge in [-0.2, -0.15) is 0 Å². The van der Waals surface area contributed by atoms with Gasteiger partial charge in [-0.15, -0.1) is 0 Å². The van der Waals surface area contributed by atoms with Gasteiger partial charge >= 0.3 is 11.9 Å². The Labute approximate surface area is 174 Å². The molecule has 0 spiro atoms. The summed E-state index contributed by atoms with van der Waals surface area (Å²) in [5.74, 6) is -0.596. The van der Waals surface area contributed by atoms with Gasteiger partial charge in [-0.3, -0.25) is 9.59 Å². The lowest BCUT2D eigenvalue weighted by atomic mass is 10.0. The van der Waals surface area contributed by atoms with Crippen LogP contribution in [0.1, 0.15) is 124 Å². The van der Waals surface area contributed by atoms with Crippen molar-refractivity contribution in [2.24, 2.45) is 5.92 Å². The van der Waals surface area contributed by atoms with Crippen molar-refractivity contribution in [3.05, 3.63) is 0 Å². The Kier molecular flexibility index (Phi) is 19.9. The van der Waals surface area contributed by atoms with Gasteiger partial charge < -0.3 is 9.47 Å². The number of rotatable bonds is 20. The summed E-state index contributed by atoms with van der Waals surface area (Å²) < 4.78 is 10.2. The van der Waals surface area contributed by atoms with Crippen LogP contribution in [0.4, 0.5) is 0 Å². The first-order valence-electron chi connectivity index (χ1n) is 11.9. The zero-order valence-electron chi connectivity index (χ0n) is 18.9. The minimum absolute atomic E-state index is 0.267. The first kappa shape index (κ1) is 26.9. The number of esters is 2. The van der Waals surface area contributed by atoms with E-state index >= 15 is 0 Å². The summed E-state index contributed by atoms with van der Waals surface area (Å²) >= 11 is 0. The van der Waals surface area contributed by atoms with Crippen molar-refractivity contribution < 1.29 is 19.1 Å². The van der Waals surface area contributed by atoms with Crippen molar-refractivity contribution in [2.45, 2.75) is 124 Å². The smallest absolute Gasteiger partial charge is 0.317 e. The second-order valence-electron chi connectivity index (χ2n) is 8.22. The molecule has 0 fully saturated rings. The Morgan fingerprint density at radius 3 is 1.61 bits per heavy atom. The molecule has 0 radical (unpaired) electrons. The Balaban J connectivity index is 3.33. The van der Waals surface area contributed by atoms with E-state index in [2.05, 4.69) is 13.8 Å². The maximum Gasteiger partial charge on any atom is 0.317 e. The van der Waals surface area contributed by atoms with Gasteiger partial charge in [-0.1, -0.05) is 104 Å². The average molecular weight is 399 g/mol. The molecule has 0 rings (SSSR count). The molecule has 0 aliphatic carbocycles. The van der Waals surface area contributed by atoms with E-state index in [0.717, 1.165) is 25.7 Å². The molecule has 1 atom stereocenters. The largest absolute Gasteiger partial charge is 0.465 e. The van der Waals surface area contributed by atoms with Gasteiger partial charge in [0.25, 0.3) is 0 Å². The molecular formula is C24H46O4. The highest BCUT2D eigenvalue weighted by Crippen LogP contribution is 2.12. The Morgan fingerprint density at radius 1 is 0.643 bits per heavy atom. The molecule has 0 aromatic rings. The van der Waals surface area contributed by atoms with Crippen LogP contribution in [0.25, 0.3) is 0 Å². The molecule has 4 nitrogen and oxygen atoms in total. The summed E-state index contributed by atoms with van der Waals surface area (Å²) in [5, 5.41) is 0. The van der Waals surface area contributed by atoms with Crippen molar-refractivity contribution in [3.63, 3.8) is 0 Å². The second kappa shape index (κ2) is 20.7. The number of carbonyl (C=O) groups is 2. The lowest BCUT2D eigenvalue weighted by Crippen LogP contribution is -2.17. The van der Waals surface area contributed by atoms with Crippen molar-refractivity contribution in [1.82, 2.24) is 0 Å². The van der Waals surface area contributed by atoms with Crippen LogP contribution < -0.4 is 0 Å². The topological polar surface area (TPSA) is 52.6 Å². The molecule has 4 heteroatoms. The molecule has 0 amide bonds. The van der Waals surface area contributed by atoms with E-state index in [4.69, 9.17) is 9.47 Å². The lowest BCUT2D eigenvalue weighted by molar-refractivity contribution is -0.155. The van der Waals surface area contributed by atoms with Gasteiger partial charge in [0, 0.05) is 0 Å². The van der Waals surface area contributed by atoms with E-state index in [9.17, 15) is 9.59 Å². The minimum Gasteiger partial charge on any atom is -0.465 e. The first-order chi connectivity index (χ1) is 13.6. The average Bonchev–Trinajstić information content (AvgIpc) is 2.67. The standard InChI is InChI=1S/C24H46O4/c1-4-6-7-8-9-10-11-12-13-14-15-16-17-19-27-23(25)20-24(26)28-21-22(3)18-5-2/h22H,4-21H2,1-3H3. The van der Waals surface area contributed by atoms with Crippen LogP contribution >= 0.6 is 0 Å². The summed E-state index contributed by atoms with van der Waals surface area (Å²) in [7, 11) is 0. The summed E-state index contributed by atoms with van der Waals surface area (Å²) in [6.45, 7) is 7.21. The van der Waals surface area contributed by atoms with E-state index in [1.807, 2.05) is 6.92 Å². The highest BCUT2D eigenvalue weighted by Gasteiger charge is 2.13.